The Morgan fingerprint density at radius 2 is 2.10 bits per heavy atom. The number of aromatic amines is 1. The third-order valence-corrected chi connectivity index (χ3v) is 2.73. The van der Waals surface area contributed by atoms with Crippen molar-refractivity contribution in [3.05, 3.63) is 48.0 Å². The van der Waals surface area contributed by atoms with Crippen molar-refractivity contribution in [3.63, 3.8) is 0 Å². The van der Waals surface area contributed by atoms with E-state index in [4.69, 9.17) is 5.11 Å². The summed E-state index contributed by atoms with van der Waals surface area (Å²) in [4.78, 5) is 29.7. The minimum Gasteiger partial charge on any atom is -0.507 e. The van der Waals surface area contributed by atoms with Gasteiger partial charge in [0.05, 0.1) is 11.9 Å². The molecule has 1 aromatic carbocycles. The SMILES string of the molecule is O=C(NC(Cc1cnc[nH]1)C(=O)O)c1ccccc1O. The van der Waals surface area contributed by atoms with E-state index in [9.17, 15) is 14.7 Å². The fourth-order valence-corrected chi connectivity index (χ4v) is 1.72. The van der Waals surface area contributed by atoms with Crippen LogP contribution >= 0.6 is 0 Å². The summed E-state index contributed by atoms with van der Waals surface area (Å²) in [5, 5.41) is 21.1. The number of phenolic OH excluding ortho intramolecular Hbond substituents is 1. The van der Waals surface area contributed by atoms with Crippen LogP contribution in [-0.2, 0) is 11.2 Å². The summed E-state index contributed by atoms with van der Waals surface area (Å²) in [6.45, 7) is 0. The fourth-order valence-electron chi connectivity index (χ4n) is 1.72. The lowest BCUT2D eigenvalue weighted by Crippen LogP contribution is -2.42. The molecule has 7 heteroatoms. The second-order valence-corrected chi connectivity index (χ2v) is 4.16. The molecule has 2 aromatic rings. The van der Waals surface area contributed by atoms with Crippen molar-refractivity contribution < 1.29 is 19.8 Å². The zero-order valence-corrected chi connectivity index (χ0v) is 10.4. The maximum atomic E-state index is 11.9. The van der Waals surface area contributed by atoms with Crippen molar-refractivity contribution in [1.82, 2.24) is 15.3 Å². The summed E-state index contributed by atoms with van der Waals surface area (Å²) in [5.74, 6) is -2.01. The maximum Gasteiger partial charge on any atom is 0.326 e. The molecule has 0 aliphatic carbocycles. The van der Waals surface area contributed by atoms with Gasteiger partial charge in [-0.05, 0) is 12.1 Å². The van der Waals surface area contributed by atoms with Crippen molar-refractivity contribution in [2.24, 2.45) is 0 Å². The van der Waals surface area contributed by atoms with E-state index in [2.05, 4.69) is 15.3 Å². The van der Waals surface area contributed by atoms with Crippen molar-refractivity contribution in [1.29, 1.82) is 0 Å². The van der Waals surface area contributed by atoms with E-state index in [0.29, 0.717) is 5.69 Å². The maximum absolute atomic E-state index is 11.9. The summed E-state index contributed by atoms with van der Waals surface area (Å²) < 4.78 is 0. The fraction of sp³-hybridized carbons (Fsp3) is 0.154. The van der Waals surface area contributed by atoms with Crippen molar-refractivity contribution in [2.75, 3.05) is 0 Å². The first-order chi connectivity index (χ1) is 9.58. The average Bonchev–Trinajstić information content (AvgIpc) is 2.91. The lowest BCUT2D eigenvalue weighted by Gasteiger charge is -2.14. The number of para-hydroxylation sites is 1. The Morgan fingerprint density at radius 3 is 2.70 bits per heavy atom. The number of amides is 1. The number of carboxylic acids is 1. The molecule has 0 bridgehead atoms. The van der Waals surface area contributed by atoms with E-state index in [1.807, 2.05) is 0 Å². The topological polar surface area (TPSA) is 115 Å². The Hall–Kier alpha value is -2.83. The Labute approximate surface area is 114 Å². The summed E-state index contributed by atoms with van der Waals surface area (Å²) in [6.07, 6.45) is 3.00. The number of aliphatic carboxylic acids is 1. The van der Waals surface area contributed by atoms with Crippen LogP contribution in [0.15, 0.2) is 36.8 Å². The van der Waals surface area contributed by atoms with E-state index in [1.54, 1.807) is 12.1 Å². The molecule has 0 spiro atoms. The van der Waals surface area contributed by atoms with Gasteiger partial charge < -0.3 is 20.5 Å². The molecule has 1 atom stereocenters. The van der Waals surface area contributed by atoms with Gasteiger partial charge in [-0.1, -0.05) is 12.1 Å². The number of imidazole rings is 1. The van der Waals surface area contributed by atoms with Gasteiger partial charge in [-0.2, -0.15) is 0 Å². The van der Waals surface area contributed by atoms with Gasteiger partial charge >= 0.3 is 5.97 Å². The zero-order chi connectivity index (χ0) is 14.5. The summed E-state index contributed by atoms with van der Waals surface area (Å²) >= 11 is 0. The number of aromatic hydroxyl groups is 1. The summed E-state index contributed by atoms with van der Waals surface area (Å²) in [7, 11) is 0. The van der Waals surface area contributed by atoms with Crippen LogP contribution in [-0.4, -0.2) is 38.1 Å². The first-order valence-electron chi connectivity index (χ1n) is 5.87. The molecule has 1 amide bonds. The normalized spacial score (nSPS) is 11.8. The van der Waals surface area contributed by atoms with Crippen LogP contribution in [0.3, 0.4) is 0 Å². The smallest absolute Gasteiger partial charge is 0.326 e. The Bertz CT molecular complexity index is 610. The summed E-state index contributed by atoms with van der Waals surface area (Å²) in [6, 6.07) is 4.83. The molecule has 1 aromatic heterocycles. The minimum absolute atomic E-state index is 0.0309. The highest BCUT2D eigenvalue weighted by Crippen LogP contribution is 2.15. The van der Waals surface area contributed by atoms with E-state index < -0.39 is 17.9 Å². The number of hydrogen-bond acceptors (Lipinski definition) is 4. The molecular weight excluding hydrogens is 262 g/mol. The molecule has 0 aliphatic rings. The predicted octanol–water partition coefficient (Wildman–Crippen LogP) is 0.541. The number of carboxylic acid groups (broad SMARTS) is 1. The van der Waals surface area contributed by atoms with Gasteiger partial charge in [0.1, 0.15) is 11.8 Å². The van der Waals surface area contributed by atoms with Crippen LogP contribution in [0.5, 0.6) is 5.75 Å². The molecule has 4 N–H and O–H groups in total. The molecule has 7 nitrogen and oxygen atoms in total. The number of aromatic nitrogens is 2. The molecule has 0 saturated carbocycles. The van der Waals surface area contributed by atoms with E-state index >= 15 is 0 Å². The van der Waals surface area contributed by atoms with Crippen LogP contribution in [0.1, 0.15) is 16.1 Å². The molecule has 104 valence electrons. The van der Waals surface area contributed by atoms with Crippen LogP contribution < -0.4 is 5.32 Å². The summed E-state index contributed by atoms with van der Waals surface area (Å²) in [5.41, 5.74) is 0.623. The highest BCUT2D eigenvalue weighted by Gasteiger charge is 2.22. The van der Waals surface area contributed by atoms with Gasteiger partial charge in [0, 0.05) is 18.3 Å². The van der Waals surface area contributed by atoms with E-state index in [0.717, 1.165) is 0 Å². The molecule has 0 radical (unpaired) electrons. The Balaban J connectivity index is 2.10. The Kier molecular flexibility index (Phi) is 3.99. The van der Waals surface area contributed by atoms with Gasteiger partial charge in [-0.15, -0.1) is 0 Å². The van der Waals surface area contributed by atoms with E-state index in [-0.39, 0.29) is 17.7 Å². The number of phenols is 1. The van der Waals surface area contributed by atoms with Gasteiger partial charge in [0.15, 0.2) is 0 Å². The van der Waals surface area contributed by atoms with Crippen LogP contribution in [0.4, 0.5) is 0 Å². The average molecular weight is 275 g/mol. The number of carbonyl (C=O) groups is 2. The number of rotatable bonds is 5. The van der Waals surface area contributed by atoms with Gasteiger partial charge in [-0.25, -0.2) is 9.78 Å². The van der Waals surface area contributed by atoms with E-state index in [1.165, 1.54) is 24.7 Å². The highest BCUT2D eigenvalue weighted by atomic mass is 16.4. The first kappa shape index (κ1) is 13.6. The largest absolute Gasteiger partial charge is 0.507 e. The lowest BCUT2D eigenvalue weighted by molar-refractivity contribution is -0.139. The molecule has 0 saturated heterocycles. The predicted molar refractivity (Wildman–Crippen MR) is 69.3 cm³/mol. The van der Waals surface area contributed by atoms with Crippen LogP contribution in [0.2, 0.25) is 0 Å². The third kappa shape index (κ3) is 3.14. The van der Waals surface area contributed by atoms with Gasteiger partial charge in [0.25, 0.3) is 5.91 Å². The number of benzene rings is 1. The number of nitrogens with one attached hydrogen (secondary N) is 2. The van der Waals surface area contributed by atoms with Crippen molar-refractivity contribution in [2.45, 2.75) is 12.5 Å². The standard InChI is InChI=1S/C13H13N3O4/c17-11-4-2-1-3-9(11)12(18)16-10(13(19)20)5-8-6-14-7-15-8/h1-4,6-7,10,17H,5H2,(H,14,15)(H,16,18)(H,19,20). The molecule has 2 rings (SSSR count). The van der Waals surface area contributed by atoms with Gasteiger partial charge in [-0.3, -0.25) is 4.79 Å². The molecular formula is C13H13N3O4. The second-order valence-electron chi connectivity index (χ2n) is 4.16. The third-order valence-electron chi connectivity index (χ3n) is 2.73. The number of H-pyrrole nitrogens is 1. The number of carbonyl (C=O) groups excluding carboxylic acids is 1. The minimum atomic E-state index is -1.16. The van der Waals surface area contributed by atoms with Crippen molar-refractivity contribution >= 4 is 11.9 Å². The second kappa shape index (κ2) is 5.87. The molecule has 20 heavy (non-hydrogen) atoms. The van der Waals surface area contributed by atoms with Crippen LogP contribution in [0.25, 0.3) is 0 Å². The highest BCUT2D eigenvalue weighted by molar-refractivity contribution is 5.98. The monoisotopic (exact) mass is 275 g/mol. The zero-order valence-electron chi connectivity index (χ0n) is 10.4. The molecule has 0 aliphatic heterocycles. The lowest BCUT2D eigenvalue weighted by atomic mass is 10.1. The van der Waals surface area contributed by atoms with Crippen molar-refractivity contribution in [3.8, 4) is 5.75 Å². The van der Waals surface area contributed by atoms with Crippen LogP contribution in [0, 0.1) is 0 Å². The quantitative estimate of drug-likeness (QED) is 0.635. The number of hydrogen-bond donors (Lipinski definition) is 4. The number of nitrogens with zero attached hydrogens (tertiary/aromatic N) is 1. The first-order valence-corrected chi connectivity index (χ1v) is 5.87. The molecule has 1 unspecified atom stereocenters. The molecule has 0 fully saturated rings. The molecule has 1 heterocycles. The Morgan fingerprint density at radius 1 is 1.35 bits per heavy atom. The van der Waals surface area contributed by atoms with Gasteiger partial charge in [0.2, 0.25) is 0 Å².